The molecule has 1 aromatic heterocycles. The van der Waals surface area contributed by atoms with Crippen molar-refractivity contribution in [2.75, 3.05) is 7.11 Å². The number of nitrogens with zero attached hydrogens (tertiary/aromatic N) is 2. The van der Waals surface area contributed by atoms with Crippen molar-refractivity contribution in [1.29, 1.82) is 0 Å². The van der Waals surface area contributed by atoms with E-state index in [1.807, 2.05) is 31.2 Å². The molecule has 1 aromatic carbocycles. The van der Waals surface area contributed by atoms with E-state index < -0.39 is 5.97 Å². The molecule has 2 rings (SSSR count). The van der Waals surface area contributed by atoms with Gasteiger partial charge in [-0.05, 0) is 18.6 Å². The lowest BCUT2D eigenvalue weighted by Crippen LogP contribution is -2.04. The molecule has 2 aromatic rings. The van der Waals surface area contributed by atoms with Crippen molar-refractivity contribution in [3.63, 3.8) is 0 Å². The van der Waals surface area contributed by atoms with Crippen LogP contribution in [0.4, 0.5) is 0 Å². The minimum absolute atomic E-state index is 0.0516. The van der Waals surface area contributed by atoms with Crippen molar-refractivity contribution in [2.45, 2.75) is 6.92 Å². The summed E-state index contributed by atoms with van der Waals surface area (Å²) in [6.07, 6.45) is 1.29. The first-order chi connectivity index (χ1) is 8.15. The Bertz CT molecular complexity index is 561. The summed E-state index contributed by atoms with van der Waals surface area (Å²) >= 11 is 0. The molecule has 0 unspecified atom stereocenters. The average molecular weight is 232 g/mol. The fourth-order valence-corrected chi connectivity index (χ4v) is 1.65. The molecule has 0 amide bonds. The van der Waals surface area contributed by atoms with Gasteiger partial charge in [0.15, 0.2) is 0 Å². The Labute approximate surface area is 98.3 Å². The molecule has 5 heteroatoms. The van der Waals surface area contributed by atoms with Crippen LogP contribution in [-0.2, 0) is 0 Å². The second kappa shape index (κ2) is 4.29. The van der Waals surface area contributed by atoms with Crippen LogP contribution in [0.15, 0.2) is 30.5 Å². The lowest BCUT2D eigenvalue weighted by molar-refractivity contribution is 0.0693. The zero-order valence-electron chi connectivity index (χ0n) is 9.54. The molecular formula is C12H12N2O3. The predicted octanol–water partition coefficient (Wildman–Crippen LogP) is 1.89. The van der Waals surface area contributed by atoms with Crippen LogP contribution in [0.2, 0.25) is 0 Å². The van der Waals surface area contributed by atoms with E-state index in [4.69, 9.17) is 9.84 Å². The van der Waals surface area contributed by atoms with Crippen molar-refractivity contribution in [1.82, 2.24) is 9.78 Å². The minimum atomic E-state index is -1.05. The van der Waals surface area contributed by atoms with Gasteiger partial charge in [0.05, 0.1) is 19.0 Å². The highest BCUT2D eigenvalue weighted by Gasteiger charge is 2.18. The molecule has 0 atom stereocenters. The van der Waals surface area contributed by atoms with Crippen LogP contribution in [0.25, 0.3) is 5.69 Å². The van der Waals surface area contributed by atoms with Gasteiger partial charge in [0.25, 0.3) is 0 Å². The quantitative estimate of drug-likeness (QED) is 0.877. The van der Waals surface area contributed by atoms with Gasteiger partial charge in [-0.1, -0.05) is 18.2 Å². The monoisotopic (exact) mass is 232 g/mol. The Hall–Kier alpha value is -2.30. The Balaban J connectivity index is 2.61. The second-order valence-electron chi connectivity index (χ2n) is 3.57. The third-order valence-electron chi connectivity index (χ3n) is 2.49. The van der Waals surface area contributed by atoms with E-state index >= 15 is 0 Å². The van der Waals surface area contributed by atoms with E-state index in [0.29, 0.717) is 0 Å². The van der Waals surface area contributed by atoms with E-state index in [1.54, 1.807) is 0 Å². The number of hydrogen-bond donors (Lipinski definition) is 1. The molecule has 88 valence electrons. The molecule has 0 saturated carbocycles. The molecule has 0 spiro atoms. The van der Waals surface area contributed by atoms with Crippen molar-refractivity contribution in [2.24, 2.45) is 0 Å². The number of para-hydroxylation sites is 1. The molecule has 0 radical (unpaired) electrons. The Kier molecular flexibility index (Phi) is 2.82. The molecule has 0 saturated heterocycles. The van der Waals surface area contributed by atoms with Crippen molar-refractivity contribution < 1.29 is 14.6 Å². The summed E-state index contributed by atoms with van der Waals surface area (Å²) in [6.45, 7) is 1.93. The molecule has 0 fully saturated rings. The topological polar surface area (TPSA) is 64.3 Å². The Morgan fingerprint density at radius 3 is 2.71 bits per heavy atom. The summed E-state index contributed by atoms with van der Waals surface area (Å²) in [5.41, 5.74) is 1.85. The van der Waals surface area contributed by atoms with E-state index in [9.17, 15) is 4.79 Å². The lowest BCUT2D eigenvalue weighted by Gasteiger charge is -2.09. The fraction of sp³-hybridized carbons (Fsp3) is 0.167. The number of carboxylic acids is 1. The molecule has 0 bridgehead atoms. The number of ether oxygens (including phenoxy) is 1. The molecule has 0 aliphatic rings. The van der Waals surface area contributed by atoms with E-state index in [1.165, 1.54) is 18.0 Å². The first-order valence-corrected chi connectivity index (χ1v) is 5.06. The Morgan fingerprint density at radius 2 is 2.12 bits per heavy atom. The van der Waals surface area contributed by atoms with Gasteiger partial charge in [-0.15, -0.1) is 0 Å². The first-order valence-electron chi connectivity index (χ1n) is 5.06. The molecular weight excluding hydrogens is 220 g/mol. The van der Waals surface area contributed by atoms with Gasteiger partial charge in [-0.2, -0.15) is 5.10 Å². The summed E-state index contributed by atoms with van der Waals surface area (Å²) in [4.78, 5) is 11.0. The van der Waals surface area contributed by atoms with E-state index in [2.05, 4.69) is 5.10 Å². The smallest absolute Gasteiger partial charge is 0.342 e. The van der Waals surface area contributed by atoms with Crippen molar-refractivity contribution in [3.05, 3.63) is 41.6 Å². The van der Waals surface area contributed by atoms with Gasteiger partial charge in [-0.3, -0.25) is 0 Å². The zero-order chi connectivity index (χ0) is 12.4. The molecule has 0 aliphatic carbocycles. The normalized spacial score (nSPS) is 10.2. The van der Waals surface area contributed by atoms with Crippen molar-refractivity contribution in [3.8, 4) is 11.6 Å². The van der Waals surface area contributed by atoms with Crippen LogP contribution in [0.5, 0.6) is 5.88 Å². The van der Waals surface area contributed by atoms with Gasteiger partial charge >= 0.3 is 5.97 Å². The van der Waals surface area contributed by atoms with Gasteiger partial charge < -0.3 is 9.84 Å². The van der Waals surface area contributed by atoms with Crippen LogP contribution in [0, 0.1) is 6.92 Å². The summed E-state index contributed by atoms with van der Waals surface area (Å²) in [5.74, 6) is -0.825. The van der Waals surface area contributed by atoms with Gasteiger partial charge in [-0.25, -0.2) is 9.48 Å². The van der Waals surface area contributed by atoms with Gasteiger partial charge in [0, 0.05) is 0 Å². The molecule has 5 nitrogen and oxygen atoms in total. The first kappa shape index (κ1) is 11.2. The van der Waals surface area contributed by atoms with Crippen LogP contribution < -0.4 is 4.74 Å². The molecule has 17 heavy (non-hydrogen) atoms. The third-order valence-corrected chi connectivity index (χ3v) is 2.49. The SMILES string of the molecule is COc1c(C(=O)O)cnn1-c1ccccc1C. The third kappa shape index (κ3) is 1.87. The summed E-state index contributed by atoms with van der Waals surface area (Å²) in [5, 5.41) is 13.0. The Morgan fingerprint density at radius 1 is 1.41 bits per heavy atom. The van der Waals surface area contributed by atoms with Crippen LogP contribution >= 0.6 is 0 Å². The zero-order valence-corrected chi connectivity index (χ0v) is 9.54. The van der Waals surface area contributed by atoms with Crippen LogP contribution in [0.1, 0.15) is 15.9 Å². The van der Waals surface area contributed by atoms with E-state index in [-0.39, 0.29) is 11.4 Å². The maximum Gasteiger partial charge on any atom is 0.342 e. The number of carbonyl (C=O) groups is 1. The maximum atomic E-state index is 11.0. The average Bonchev–Trinajstić information content (AvgIpc) is 2.73. The summed E-state index contributed by atoms with van der Waals surface area (Å²) < 4.78 is 6.59. The number of rotatable bonds is 3. The van der Waals surface area contributed by atoms with Crippen LogP contribution in [0.3, 0.4) is 0 Å². The number of methoxy groups -OCH3 is 1. The maximum absolute atomic E-state index is 11.0. The highest BCUT2D eigenvalue weighted by molar-refractivity contribution is 5.90. The highest BCUT2D eigenvalue weighted by atomic mass is 16.5. The molecule has 1 N–H and O–H groups in total. The lowest BCUT2D eigenvalue weighted by atomic mass is 10.2. The summed E-state index contributed by atoms with van der Waals surface area (Å²) in [6, 6.07) is 7.56. The minimum Gasteiger partial charge on any atom is -0.480 e. The standard InChI is InChI=1S/C12H12N2O3/c1-8-5-3-4-6-10(8)14-11(17-2)9(7-13-14)12(15)16/h3-7H,1-2H3,(H,15,16). The molecule has 0 aliphatic heterocycles. The van der Waals surface area contributed by atoms with Gasteiger partial charge in [0.2, 0.25) is 5.88 Å². The highest BCUT2D eigenvalue weighted by Crippen LogP contribution is 2.24. The number of benzene rings is 1. The molecule has 1 heterocycles. The number of carboxylic acid groups (broad SMARTS) is 1. The summed E-state index contributed by atoms with van der Waals surface area (Å²) in [7, 11) is 1.43. The number of hydrogen-bond acceptors (Lipinski definition) is 3. The van der Waals surface area contributed by atoms with Crippen molar-refractivity contribution >= 4 is 5.97 Å². The van der Waals surface area contributed by atoms with Crippen LogP contribution in [-0.4, -0.2) is 28.0 Å². The fourth-order valence-electron chi connectivity index (χ4n) is 1.65. The predicted molar refractivity (Wildman–Crippen MR) is 61.8 cm³/mol. The number of aromatic nitrogens is 2. The number of aryl methyl sites for hydroxylation is 1. The van der Waals surface area contributed by atoms with Gasteiger partial charge in [0.1, 0.15) is 5.56 Å². The largest absolute Gasteiger partial charge is 0.480 e. The number of aromatic carboxylic acids is 1. The second-order valence-corrected chi connectivity index (χ2v) is 3.57. The van der Waals surface area contributed by atoms with E-state index in [0.717, 1.165) is 11.3 Å².